The fourth-order valence-electron chi connectivity index (χ4n) is 3.98. The molecule has 2 aromatic carbocycles. The van der Waals surface area contributed by atoms with Crippen LogP contribution in [0.4, 0.5) is 5.00 Å². The van der Waals surface area contributed by atoms with E-state index in [9.17, 15) is 10.1 Å². The Morgan fingerprint density at radius 3 is 2.69 bits per heavy atom. The Morgan fingerprint density at radius 2 is 1.91 bits per heavy atom. The second kappa shape index (κ2) is 9.61. The van der Waals surface area contributed by atoms with Gasteiger partial charge in [-0.3, -0.25) is 9.69 Å². The number of halogens is 1. The van der Waals surface area contributed by atoms with Crippen molar-refractivity contribution in [1.82, 2.24) is 4.90 Å². The Balaban J connectivity index is 0.00000245. The van der Waals surface area contributed by atoms with Crippen molar-refractivity contribution in [3.8, 4) is 17.6 Å². The summed E-state index contributed by atoms with van der Waals surface area (Å²) in [6.07, 6.45) is 0.0450. The first-order chi connectivity index (χ1) is 15.2. The number of rotatable bonds is 4. The molecule has 2 aliphatic heterocycles. The molecule has 2 aliphatic rings. The topological polar surface area (TPSA) is 74.6 Å². The molecule has 3 heterocycles. The molecule has 32 heavy (non-hydrogen) atoms. The van der Waals surface area contributed by atoms with Crippen molar-refractivity contribution in [2.75, 3.05) is 18.5 Å². The Morgan fingerprint density at radius 1 is 1.16 bits per heavy atom. The third kappa shape index (κ3) is 4.44. The van der Waals surface area contributed by atoms with Crippen molar-refractivity contribution in [2.45, 2.75) is 25.6 Å². The molecule has 164 valence electrons. The lowest BCUT2D eigenvalue weighted by Crippen LogP contribution is -2.40. The van der Waals surface area contributed by atoms with Gasteiger partial charge in [0.15, 0.2) is 11.5 Å². The molecule has 1 aromatic heterocycles. The summed E-state index contributed by atoms with van der Waals surface area (Å²) in [4.78, 5) is 16.3. The lowest BCUT2D eigenvalue weighted by molar-refractivity contribution is -0.125. The molecule has 0 fully saturated rings. The monoisotopic (exact) mass is 467 g/mol. The molecule has 1 amide bonds. The molecule has 0 saturated carbocycles. The van der Waals surface area contributed by atoms with E-state index in [4.69, 9.17) is 9.47 Å². The summed E-state index contributed by atoms with van der Waals surface area (Å²) in [7, 11) is 0. The Hall–Kier alpha value is -3.05. The Kier molecular flexibility index (Phi) is 6.66. The molecule has 3 aromatic rings. The van der Waals surface area contributed by atoms with E-state index in [0.717, 1.165) is 36.5 Å². The number of fused-ring (bicyclic) bond motifs is 2. The van der Waals surface area contributed by atoms with Crippen molar-refractivity contribution in [2.24, 2.45) is 0 Å². The molecule has 0 aliphatic carbocycles. The quantitative estimate of drug-likeness (QED) is 0.616. The number of para-hydroxylation sites is 2. The predicted octanol–water partition coefficient (Wildman–Crippen LogP) is 4.38. The van der Waals surface area contributed by atoms with E-state index in [-0.39, 0.29) is 24.9 Å². The zero-order chi connectivity index (χ0) is 21.2. The highest BCUT2D eigenvalue weighted by Crippen LogP contribution is 2.37. The van der Waals surface area contributed by atoms with E-state index in [0.29, 0.717) is 22.1 Å². The number of nitriles is 1. The number of hydrogen-bond donors (Lipinski definition) is 1. The zero-order valence-electron chi connectivity index (χ0n) is 17.2. The summed E-state index contributed by atoms with van der Waals surface area (Å²) >= 11 is 1.49. The molecule has 1 N–H and O–H groups in total. The van der Waals surface area contributed by atoms with E-state index in [2.05, 4.69) is 28.4 Å². The minimum Gasteiger partial charge on any atom is -0.485 e. The van der Waals surface area contributed by atoms with Gasteiger partial charge in [-0.2, -0.15) is 5.26 Å². The van der Waals surface area contributed by atoms with Gasteiger partial charge in [-0.1, -0.05) is 42.5 Å². The lowest BCUT2D eigenvalue weighted by atomic mass is 10.0. The molecule has 0 spiro atoms. The fourth-order valence-corrected chi connectivity index (χ4v) is 5.22. The van der Waals surface area contributed by atoms with Gasteiger partial charge >= 0.3 is 0 Å². The van der Waals surface area contributed by atoms with Gasteiger partial charge in [0.2, 0.25) is 6.10 Å². The lowest BCUT2D eigenvalue weighted by Gasteiger charge is -2.26. The van der Waals surface area contributed by atoms with Crippen LogP contribution in [-0.4, -0.2) is 30.1 Å². The zero-order valence-corrected chi connectivity index (χ0v) is 18.9. The Labute approximate surface area is 196 Å². The van der Waals surface area contributed by atoms with E-state index in [1.807, 2.05) is 36.4 Å². The van der Waals surface area contributed by atoms with Crippen molar-refractivity contribution >= 4 is 34.7 Å². The summed E-state index contributed by atoms with van der Waals surface area (Å²) < 4.78 is 11.5. The minimum absolute atomic E-state index is 0. The summed E-state index contributed by atoms with van der Waals surface area (Å²) in [6, 6.07) is 20.0. The smallest absolute Gasteiger partial charge is 0.269 e. The number of amides is 1. The molecule has 6 nitrogen and oxygen atoms in total. The van der Waals surface area contributed by atoms with Crippen molar-refractivity contribution in [1.29, 1.82) is 5.26 Å². The van der Waals surface area contributed by atoms with Gasteiger partial charge in [-0.25, -0.2) is 0 Å². The first kappa shape index (κ1) is 22.2. The summed E-state index contributed by atoms with van der Waals surface area (Å²) in [6.45, 7) is 2.67. The number of nitrogens with one attached hydrogen (secondary N) is 1. The maximum absolute atomic E-state index is 12.8. The first-order valence-electron chi connectivity index (χ1n) is 10.2. The van der Waals surface area contributed by atoms with Crippen LogP contribution in [0.5, 0.6) is 11.5 Å². The van der Waals surface area contributed by atoms with Crippen LogP contribution in [0.2, 0.25) is 0 Å². The van der Waals surface area contributed by atoms with Crippen LogP contribution in [0.25, 0.3) is 0 Å². The number of ether oxygens (including phenoxy) is 2. The van der Waals surface area contributed by atoms with Crippen molar-refractivity contribution in [3.05, 3.63) is 76.2 Å². The summed E-state index contributed by atoms with van der Waals surface area (Å²) in [5, 5.41) is 13.3. The molecule has 1 atom stereocenters. The average Bonchev–Trinajstić information content (AvgIpc) is 3.15. The van der Waals surface area contributed by atoms with Crippen LogP contribution >= 0.6 is 23.7 Å². The van der Waals surface area contributed by atoms with Crippen molar-refractivity contribution < 1.29 is 14.3 Å². The first-order valence-corrected chi connectivity index (χ1v) is 11.0. The third-order valence-corrected chi connectivity index (χ3v) is 6.67. The van der Waals surface area contributed by atoms with Crippen LogP contribution in [0.15, 0.2) is 54.6 Å². The van der Waals surface area contributed by atoms with E-state index in [1.54, 1.807) is 6.07 Å². The van der Waals surface area contributed by atoms with Gasteiger partial charge in [-0.05, 0) is 29.7 Å². The van der Waals surface area contributed by atoms with Crippen LogP contribution in [0, 0.1) is 11.3 Å². The van der Waals surface area contributed by atoms with Crippen LogP contribution in [0.1, 0.15) is 21.6 Å². The number of anilines is 1. The minimum atomic E-state index is -0.754. The molecular weight excluding hydrogens is 446 g/mol. The number of hydrogen-bond acceptors (Lipinski definition) is 6. The molecular formula is C24H22ClN3O3S. The fraction of sp³-hybridized carbons (Fsp3) is 0.250. The second-order valence-corrected chi connectivity index (χ2v) is 8.72. The van der Waals surface area contributed by atoms with Gasteiger partial charge in [0.25, 0.3) is 5.91 Å². The highest BCUT2D eigenvalue weighted by Gasteiger charge is 2.30. The number of nitrogens with zero attached hydrogens (tertiary/aromatic N) is 2. The molecule has 0 bridgehead atoms. The van der Waals surface area contributed by atoms with E-state index < -0.39 is 6.10 Å². The van der Waals surface area contributed by atoms with Gasteiger partial charge in [0.1, 0.15) is 17.7 Å². The summed E-state index contributed by atoms with van der Waals surface area (Å²) in [5.74, 6) is 0.886. The summed E-state index contributed by atoms with van der Waals surface area (Å²) in [5.41, 5.74) is 2.90. The maximum atomic E-state index is 12.8. The average molecular weight is 468 g/mol. The van der Waals surface area contributed by atoms with Crippen LogP contribution in [0.3, 0.4) is 0 Å². The van der Waals surface area contributed by atoms with Gasteiger partial charge in [0, 0.05) is 24.5 Å². The number of benzene rings is 2. The number of thiophene rings is 1. The third-order valence-electron chi connectivity index (χ3n) is 5.53. The van der Waals surface area contributed by atoms with E-state index in [1.165, 1.54) is 16.9 Å². The second-order valence-electron chi connectivity index (χ2n) is 7.62. The normalized spacial score (nSPS) is 16.9. The highest BCUT2D eigenvalue weighted by atomic mass is 35.5. The van der Waals surface area contributed by atoms with Crippen molar-refractivity contribution in [3.63, 3.8) is 0 Å². The molecule has 0 radical (unpaired) electrons. The van der Waals surface area contributed by atoms with Gasteiger partial charge in [0.05, 0.1) is 5.56 Å². The highest BCUT2D eigenvalue weighted by molar-refractivity contribution is 7.16. The largest absolute Gasteiger partial charge is 0.485 e. The van der Waals surface area contributed by atoms with Gasteiger partial charge < -0.3 is 14.8 Å². The SMILES string of the molecule is Cl.N#Cc1c(NC(=O)C2COc3ccccc3O2)sc2c1CCN(Cc1ccccc1)C2. The standard InChI is InChI=1S/C24H21N3O3S.ClH/c25-12-18-17-10-11-27(13-16-6-2-1-3-7-16)14-22(17)31-24(18)26-23(28)21-15-29-19-8-4-5-9-20(19)30-21;/h1-9,21H,10-11,13-15H2,(H,26,28);1H. The molecule has 8 heteroatoms. The molecule has 1 unspecified atom stereocenters. The maximum Gasteiger partial charge on any atom is 0.269 e. The van der Waals surface area contributed by atoms with Gasteiger partial charge in [-0.15, -0.1) is 23.7 Å². The number of carbonyl (C=O) groups excluding carboxylic acids is 1. The molecule has 0 saturated heterocycles. The van der Waals surface area contributed by atoms with E-state index >= 15 is 0 Å². The van der Waals surface area contributed by atoms with Crippen LogP contribution in [-0.2, 0) is 24.3 Å². The number of carbonyl (C=O) groups is 1. The predicted molar refractivity (Wildman–Crippen MR) is 126 cm³/mol. The molecule has 5 rings (SSSR count). The van der Waals surface area contributed by atoms with Crippen LogP contribution < -0.4 is 14.8 Å². The Bertz CT molecular complexity index is 1160.